The summed E-state index contributed by atoms with van der Waals surface area (Å²) in [4.78, 5) is 11.2. The second-order valence-corrected chi connectivity index (χ2v) is 3.77. The van der Waals surface area contributed by atoms with Crippen molar-refractivity contribution in [1.82, 2.24) is 4.57 Å². The predicted molar refractivity (Wildman–Crippen MR) is 59.9 cm³/mol. The Balaban J connectivity index is 3.29. The van der Waals surface area contributed by atoms with Gasteiger partial charge in [0, 0.05) is 11.9 Å². The van der Waals surface area contributed by atoms with Gasteiger partial charge in [0.05, 0.1) is 5.69 Å². The van der Waals surface area contributed by atoms with Gasteiger partial charge in [0.25, 0.3) is 5.78 Å². The van der Waals surface area contributed by atoms with Gasteiger partial charge in [-0.2, -0.15) is 13.2 Å². The molecule has 0 aliphatic carbocycles. The van der Waals surface area contributed by atoms with E-state index in [2.05, 4.69) is 6.58 Å². The molecular weight excluding hydrogens is 231 g/mol. The molecule has 2 nitrogen and oxygen atoms in total. The minimum Gasteiger partial charge on any atom is -0.318 e. The highest BCUT2D eigenvalue weighted by atomic mass is 19.4. The van der Waals surface area contributed by atoms with Crippen molar-refractivity contribution in [1.29, 1.82) is 0 Å². The number of hydrogen-bond donors (Lipinski definition) is 0. The minimum atomic E-state index is -4.85. The van der Waals surface area contributed by atoms with E-state index in [0.717, 1.165) is 12.0 Å². The molecule has 0 saturated heterocycles. The molecule has 1 heterocycles. The van der Waals surface area contributed by atoms with E-state index in [1.54, 1.807) is 6.92 Å². The summed E-state index contributed by atoms with van der Waals surface area (Å²) < 4.78 is 38.3. The first kappa shape index (κ1) is 13.5. The Kier molecular flexibility index (Phi) is 3.80. The van der Waals surface area contributed by atoms with Crippen LogP contribution in [0.5, 0.6) is 0 Å². The number of aromatic nitrogens is 1. The van der Waals surface area contributed by atoms with E-state index in [0.29, 0.717) is 12.1 Å². The number of alkyl halides is 3. The number of halogens is 3. The third-order valence-electron chi connectivity index (χ3n) is 2.59. The van der Waals surface area contributed by atoms with Crippen LogP contribution in [0.1, 0.15) is 35.1 Å². The first-order valence-corrected chi connectivity index (χ1v) is 5.27. The fourth-order valence-electron chi connectivity index (χ4n) is 1.75. The predicted octanol–water partition coefficient (Wildman–Crippen LogP) is 3.59. The molecule has 0 N–H and O–H groups in total. The fraction of sp³-hybridized carbons (Fsp3) is 0.417. The van der Waals surface area contributed by atoms with Crippen LogP contribution in [0.2, 0.25) is 0 Å². The van der Waals surface area contributed by atoms with Gasteiger partial charge in [0.1, 0.15) is 0 Å². The fourth-order valence-corrected chi connectivity index (χ4v) is 1.75. The van der Waals surface area contributed by atoms with Crippen molar-refractivity contribution < 1.29 is 18.0 Å². The minimum absolute atomic E-state index is 0.367. The molecule has 17 heavy (non-hydrogen) atoms. The van der Waals surface area contributed by atoms with Crippen molar-refractivity contribution in [3.05, 3.63) is 29.6 Å². The first-order chi connectivity index (χ1) is 7.82. The van der Waals surface area contributed by atoms with E-state index >= 15 is 0 Å². The Bertz CT molecular complexity index is 443. The highest BCUT2D eigenvalue weighted by molar-refractivity contribution is 6.00. The number of nitrogens with zero attached hydrogens (tertiary/aromatic N) is 1. The van der Waals surface area contributed by atoms with Crippen LogP contribution in [-0.4, -0.2) is 16.5 Å². The zero-order chi connectivity index (χ0) is 13.2. The number of carbonyl (C=O) groups excluding carboxylic acids is 1. The van der Waals surface area contributed by atoms with Gasteiger partial charge in [-0.25, -0.2) is 0 Å². The molecule has 1 aromatic heterocycles. The van der Waals surface area contributed by atoms with Crippen molar-refractivity contribution >= 4 is 12.0 Å². The van der Waals surface area contributed by atoms with Gasteiger partial charge >= 0.3 is 6.18 Å². The van der Waals surface area contributed by atoms with Crippen LogP contribution in [0.25, 0.3) is 6.20 Å². The maximum atomic E-state index is 12.4. The SMILES string of the molecule is C=Cn1c(C(=O)C(F)(F)F)cc(CCC)c1C. The zero-order valence-electron chi connectivity index (χ0n) is 9.77. The lowest BCUT2D eigenvalue weighted by Gasteiger charge is -2.07. The average Bonchev–Trinajstić information content (AvgIpc) is 2.54. The zero-order valence-corrected chi connectivity index (χ0v) is 9.77. The molecule has 0 saturated carbocycles. The summed E-state index contributed by atoms with van der Waals surface area (Å²) in [6.07, 6.45) is -2.17. The summed E-state index contributed by atoms with van der Waals surface area (Å²) in [5, 5.41) is 0. The van der Waals surface area contributed by atoms with E-state index in [1.165, 1.54) is 16.8 Å². The molecule has 5 heteroatoms. The first-order valence-electron chi connectivity index (χ1n) is 5.27. The summed E-state index contributed by atoms with van der Waals surface area (Å²) >= 11 is 0. The maximum absolute atomic E-state index is 12.4. The molecule has 0 unspecified atom stereocenters. The Hall–Kier alpha value is -1.52. The lowest BCUT2D eigenvalue weighted by Crippen LogP contribution is -2.24. The average molecular weight is 245 g/mol. The van der Waals surface area contributed by atoms with Gasteiger partial charge in [-0.05, 0) is 25.0 Å². The molecule has 1 aromatic rings. The van der Waals surface area contributed by atoms with Gasteiger partial charge in [0.15, 0.2) is 0 Å². The number of carbonyl (C=O) groups is 1. The quantitative estimate of drug-likeness (QED) is 0.743. The molecule has 0 radical (unpaired) electrons. The van der Waals surface area contributed by atoms with E-state index in [9.17, 15) is 18.0 Å². The van der Waals surface area contributed by atoms with Crippen molar-refractivity contribution in [3.8, 4) is 0 Å². The summed E-state index contributed by atoms with van der Waals surface area (Å²) in [6, 6.07) is 1.30. The van der Waals surface area contributed by atoms with Gasteiger partial charge in [-0.15, -0.1) is 0 Å². The van der Waals surface area contributed by atoms with Crippen molar-refractivity contribution in [2.75, 3.05) is 0 Å². The smallest absolute Gasteiger partial charge is 0.318 e. The molecule has 94 valence electrons. The molecule has 0 fully saturated rings. The Morgan fingerprint density at radius 3 is 2.53 bits per heavy atom. The summed E-state index contributed by atoms with van der Waals surface area (Å²) in [6.45, 7) is 7.04. The summed E-state index contributed by atoms with van der Waals surface area (Å²) in [7, 11) is 0. The number of aryl methyl sites for hydroxylation is 1. The van der Waals surface area contributed by atoms with Crippen LogP contribution in [0.15, 0.2) is 12.6 Å². The van der Waals surface area contributed by atoms with Crippen LogP contribution in [0.4, 0.5) is 13.2 Å². The number of ketones is 1. The van der Waals surface area contributed by atoms with E-state index < -0.39 is 12.0 Å². The van der Waals surface area contributed by atoms with E-state index in [4.69, 9.17) is 0 Å². The topological polar surface area (TPSA) is 22.0 Å². The van der Waals surface area contributed by atoms with Gasteiger partial charge in [-0.1, -0.05) is 19.9 Å². The molecule has 0 aromatic carbocycles. The lowest BCUT2D eigenvalue weighted by atomic mass is 10.1. The molecule has 0 aliphatic heterocycles. The second kappa shape index (κ2) is 4.77. The summed E-state index contributed by atoms with van der Waals surface area (Å²) in [5.41, 5.74) is 1.02. The van der Waals surface area contributed by atoms with Crippen molar-refractivity contribution in [3.63, 3.8) is 0 Å². The summed E-state index contributed by atoms with van der Waals surface area (Å²) in [5.74, 6) is -1.83. The lowest BCUT2D eigenvalue weighted by molar-refractivity contribution is -0.0889. The maximum Gasteiger partial charge on any atom is 0.456 e. The number of rotatable bonds is 4. The molecule has 0 aliphatic rings. The Labute approximate surface area is 97.7 Å². The van der Waals surface area contributed by atoms with E-state index in [-0.39, 0.29) is 5.69 Å². The van der Waals surface area contributed by atoms with E-state index in [1.807, 2.05) is 6.92 Å². The number of Topliss-reactive ketones (excluding diaryl/α,β-unsaturated/α-hetero) is 1. The van der Waals surface area contributed by atoms with Crippen LogP contribution in [0, 0.1) is 6.92 Å². The largest absolute Gasteiger partial charge is 0.456 e. The van der Waals surface area contributed by atoms with Crippen LogP contribution < -0.4 is 0 Å². The van der Waals surface area contributed by atoms with Crippen LogP contribution in [0.3, 0.4) is 0 Å². The molecule has 1 rings (SSSR count). The number of hydrogen-bond acceptors (Lipinski definition) is 1. The third-order valence-corrected chi connectivity index (χ3v) is 2.59. The van der Waals surface area contributed by atoms with Crippen LogP contribution >= 0.6 is 0 Å². The molecule has 0 spiro atoms. The molecule has 0 bridgehead atoms. The normalized spacial score (nSPS) is 11.6. The highest BCUT2D eigenvalue weighted by Gasteiger charge is 2.41. The third kappa shape index (κ3) is 2.60. The Morgan fingerprint density at radius 2 is 2.12 bits per heavy atom. The molecule has 0 amide bonds. The van der Waals surface area contributed by atoms with Gasteiger partial charge in [0.2, 0.25) is 0 Å². The molecule has 0 atom stereocenters. The van der Waals surface area contributed by atoms with Crippen LogP contribution in [-0.2, 0) is 6.42 Å². The Morgan fingerprint density at radius 1 is 1.53 bits per heavy atom. The second-order valence-electron chi connectivity index (χ2n) is 3.77. The monoisotopic (exact) mass is 245 g/mol. The standard InChI is InChI=1S/C12H14F3NO/c1-4-6-9-7-10(11(17)12(13,14)15)16(5-2)8(9)3/h5,7H,2,4,6H2,1,3H3. The van der Waals surface area contributed by atoms with Gasteiger partial charge < -0.3 is 4.57 Å². The van der Waals surface area contributed by atoms with Gasteiger partial charge in [-0.3, -0.25) is 4.79 Å². The highest BCUT2D eigenvalue weighted by Crippen LogP contribution is 2.25. The van der Waals surface area contributed by atoms with Crippen molar-refractivity contribution in [2.45, 2.75) is 32.9 Å². The molecular formula is C12H14F3NO. The van der Waals surface area contributed by atoms with Crippen molar-refractivity contribution in [2.24, 2.45) is 0 Å².